The lowest BCUT2D eigenvalue weighted by Crippen LogP contribution is -2.51. The van der Waals surface area contributed by atoms with E-state index in [1.54, 1.807) is 4.90 Å². The minimum absolute atomic E-state index is 0.0442. The summed E-state index contributed by atoms with van der Waals surface area (Å²) in [5.41, 5.74) is 0.148. The lowest BCUT2D eigenvalue weighted by atomic mass is 10.0. The zero-order valence-corrected chi connectivity index (χ0v) is 15.8. The number of carbonyl (C=O) groups excluding carboxylic acids is 1. The molecule has 1 aliphatic carbocycles. The van der Waals surface area contributed by atoms with E-state index in [1.165, 1.54) is 28.6 Å². The van der Waals surface area contributed by atoms with Crippen LogP contribution in [-0.2, 0) is 14.8 Å². The molecule has 3 rings (SSSR count). The van der Waals surface area contributed by atoms with Crippen LogP contribution in [0.15, 0.2) is 29.2 Å². The summed E-state index contributed by atoms with van der Waals surface area (Å²) >= 11 is 0. The van der Waals surface area contributed by atoms with Gasteiger partial charge in [0, 0.05) is 32.1 Å². The summed E-state index contributed by atoms with van der Waals surface area (Å²) in [5, 5.41) is 8.92. The number of hydrogen-bond donors (Lipinski definition) is 1. The molecule has 0 radical (unpaired) electrons. The second-order valence-corrected chi connectivity index (χ2v) is 9.26. The van der Waals surface area contributed by atoms with Crippen LogP contribution in [0.4, 0.5) is 0 Å². The number of hydrogen-bond acceptors (Lipinski definition) is 4. The van der Waals surface area contributed by atoms with Crippen LogP contribution in [0.1, 0.15) is 37.0 Å². The van der Waals surface area contributed by atoms with Crippen molar-refractivity contribution in [3.63, 3.8) is 0 Å². The van der Waals surface area contributed by atoms with Gasteiger partial charge in [0.2, 0.25) is 15.9 Å². The van der Waals surface area contributed by atoms with Crippen LogP contribution in [0.2, 0.25) is 0 Å². The van der Waals surface area contributed by atoms with Crippen molar-refractivity contribution in [1.82, 2.24) is 9.21 Å². The summed E-state index contributed by atoms with van der Waals surface area (Å²) < 4.78 is 26.8. The first-order valence-electron chi connectivity index (χ1n) is 8.81. The number of rotatable bonds is 5. The van der Waals surface area contributed by atoms with Gasteiger partial charge in [0.15, 0.2) is 0 Å². The number of carbonyl (C=O) groups is 2. The van der Waals surface area contributed by atoms with Crippen LogP contribution in [0.5, 0.6) is 0 Å². The number of carboxylic acid groups (broad SMARTS) is 1. The highest BCUT2D eigenvalue weighted by atomic mass is 32.2. The quantitative estimate of drug-likeness (QED) is 0.838. The van der Waals surface area contributed by atoms with Crippen molar-refractivity contribution < 1.29 is 23.1 Å². The van der Waals surface area contributed by atoms with E-state index in [-0.39, 0.29) is 40.8 Å². The number of piperazine rings is 1. The van der Waals surface area contributed by atoms with Crippen LogP contribution in [-0.4, -0.2) is 60.8 Å². The van der Waals surface area contributed by atoms with Gasteiger partial charge < -0.3 is 10.0 Å². The van der Waals surface area contributed by atoms with Crippen molar-refractivity contribution in [3.05, 3.63) is 29.8 Å². The Morgan fingerprint density at radius 3 is 2.19 bits per heavy atom. The molecule has 0 bridgehead atoms. The van der Waals surface area contributed by atoms with Gasteiger partial charge in [0.25, 0.3) is 0 Å². The normalized spacial score (nSPS) is 26.5. The fourth-order valence-electron chi connectivity index (χ4n) is 3.47. The summed E-state index contributed by atoms with van der Waals surface area (Å²) in [4.78, 5) is 25.3. The first kappa shape index (κ1) is 18.8. The number of benzene rings is 1. The van der Waals surface area contributed by atoms with Crippen LogP contribution in [0.3, 0.4) is 0 Å². The maximum Gasteiger partial charge on any atom is 0.335 e. The molecule has 8 heteroatoms. The molecule has 1 amide bonds. The Morgan fingerprint density at radius 1 is 1.15 bits per heavy atom. The summed E-state index contributed by atoms with van der Waals surface area (Å²) in [7, 11) is -3.68. The molecule has 1 N–H and O–H groups in total. The highest BCUT2D eigenvalue weighted by Gasteiger charge is 2.54. The number of amides is 1. The number of carboxylic acids is 1. The van der Waals surface area contributed by atoms with E-state index < -0.39 is 16.0 Å². The molecule has 1 aromatic carbocycles. The Kier molecular flexibility index (Phi) is 4.83. The van der Waals surface area contributed by atoms with E-state index >= 15 is 0 Å². The van der Waals surface area contributed by atoms with Gasteiger partial charge in [0.1, 0.15) is 0 Å². The maximum absolute atomic E-state index is 12.7. The largest absolute Gasteiger partial charge is 0.478 e. The minimum atomic E-state index is -3.68. The second-order valence-electron chi connectivity index (χ2n) is 7.32. The smallest absolute Gasteiger partial charge is 0.335 e. The SMILES string of the molecule is CCC1(C)CC1C(=O)N1CCN(S(=O)(=O)c2ccc(C(=O)O)cc2)CC1. The molecule has 1 heterocycles. The highest BCUT2D eigenvalue weighted by Crippen LogP contribution is 2.55. The van der Waals surface area contributed by atoms with Gasteiger partial charge in [-0.2, -0.15) is 4.31 Å². The molecule has 2 aliphatic rings. The molecule has 1 saturated heterocycles. The summed E-state index contributed by atoms with van der Waals surface area (Å²) in [6.45, 7) is 5.50. The van der Waals surface area contributed by atoms with Gasteiger partial charge >= 0.3 is 5.97 Å². The predicted molar refractivity (Wildman–Crippen MR) is 95.2 cm³/mol. The van der Waals surface area contributed by atoms with Crippen LogP contribution >= 0.6 is 0 Å². The van der Waals surface area contributed by atoms with E-state index in [9.17, 15) is 18.0 Å². The van der Waals surface area contributed by atoms with Crippen molar-refractivity contribution in [2.24, 2.45) is 11.3 Å². The van der Waals surface area contributed by atoms with Crippen molar-refractivity contribution in [3.8, 4) is 0 Å². The predicted octanol–water partition coefficient (Wildman–Crippen LogP) is 1.65. The third-order valence-corrected chi connectivity index (χ3v) is 7.66. The van der Waals surface area contributed by atoms with E-state index in [2.05, 4.69) is 13.8 Å². The molecule has 142 valence electrons. The number of sulfonamides is 1. The lowest BCUT2D eigenvalue weighted by molar-refractivity contribution is -0.134. The Bertz CT molecular complexity index is 812. The maximum atomic E-state index is 12.7. The molecule has 0 aromatic heterocycles. The fourth-order valence-corrected chi connectivity index (χ4v) is 4.89. The van der Waals surface area contributed by atoms with Crippen LogP contribution < -0.4 is 0 Å². The second kappa shape index (κ2) is 6.66. The molecule has 1 aromatic rings. The van der Waals surface area contributed by atoms with Gasteiger partial charge in [-0.3, -0.25) is 4.79 Å². The average Bonchev–Trinajstić information content (AvgIpc) is 3.33. The molecule has 2 atom stereocenters. The van der Waals surface area contributed by atoms with Gasteiger partial charge in [-0.1, -0.05) is 13.8 Å². The van der Waals surface area contributed by atoms with Crippen molar-refractivity contribution >= 4 is 21.9 Å². The van der Waals surface area contributed by atoms with Crippen molar-refractivity contribution in [2.45, 2.75) is 31.6 Å². The lowest BCUT2D eigenvalue weighted by Gasteiger charge is -2.34. The molecule has 1 saturated carbocycles. The minimum Gasteiger partial charge on any atom is -0.478 e. The van der Waals surface area contributed by atoms with Crippen LogP contribution in [0.25, 0.3) is 0 Å². The van der Waals surface area contributed by atoms with Crippen LogP contribution in [0, 0.1) is 11.3 Å². The Hall–Kier alpha value is -1.93. The summed E-state index contributed by atoms with van der Waals surface area (Å²) in [6.07, 6.45) is 1.89. The van der Waals surface area contributed by atoms with Gasteiger partial charge in [-0.05, 0) is 42.5 Å². The molecule has 1 aliphatic heterocycles. The molecule has 2 fully saturated rings. The zero-order valence-electron chi connectivity index (χ0n) is 15.0. The number of nitrogens with zero attached hydrogens (tertiary/aromatic N) is 2. The van der Waals surface area contributed by atoms with E-state index in [0.717, 1.165) is 12.8 Å². The van der Waals surface area contributed by atoms with Gasteiger partial charge in [0.05, 0.1) is 10.5 Å². The number of aromatic carboxylic acids is 1. The van der Waals surface area contributed by atoms with E-state index in [0.29, 0.717) is 13.1 Å². The Balaban J connectivity index is 1.63. The Morgan fingerprint density at radius 2 is 1.73 bits per heavy atom. The third-order valence-electron chi connectivity index (χ3n) is 5.75. The topological polar surface area (TPSA) is 95.0 Å². The third kappa shape index (κ3) is 3.35. The Labute approximate surface area is 153 Å². The van der Waals surface area contributed by atoms with Crippen molar-refractivity contribution in [2.75, 3.05) is 26.2 Å². The molecular formula is C18H24N2O5S. The molecule has 2 unspecified atom stereocenters. The summed E-state index contributed by atoms with van der Waals surface area (Å²) in [6, 6.07) is 5.20. The van der Waals surface area contributed by atoms with E-state index in [1.807, 2.05) is 0 Å². The fraction of sp³-hybridized carbons (Fsp3) is 0.556. The standard InChI is InChI=1S/C18H24N2O5S/c1-3-18(2)12-15(18)16(21)19-8-10-20(11-9-19)26(24,25)14-6-4-13(5-7-14)17(22)23/h4-7,15H,3,8-12H2,1-2H3,(H,22,23). The molecule has 26 heavy (non-hydrogen) atoms. The van der Waals surface area contributed by atoms with E-state index in [4.69, 9.17) is 5.11 Å². The first-order valence-corrected chi connectivity index (χ1v) is 10.3. The highest BCUT2D eigenvalue weighted by molar-refractivity contribution is 7.89. The van der Waals surface area contributed by atoms with Crippen molar-refractivity contribution in [1.29, 1.82) is 0 Å². The molecule has 0 spiro atoms. The zero-order chi connectivity index (χ0) is 19.1. The summed E-state index contributed by atoms with van der Waals surface area (Å²) in [5.74, 6) is -0.892. The monoisotopic (exact) mass is 380 g/mol. The molecule has 7 nitrogen and oxygen atoms in total. The van der Waals surface area contributed by atoms with Gasteiger partial charge in [-0.25, -0.2) is 13.2 Å². The first-order chi connectivity index (χ1) is 12.2. The molecular weight excluding hydrogens is 356 g/mol. The van der Waals surface area contributed by atoms with Gasteiger partial charge in [-0.15, -0.1) is 0 Å². The average molecular weight is 380 g/mol.